The van der Waals surface area contributed by atoms with Gasteiger partial charge in [0.15, 0.2) is 0 Å². The van der Waals surface area contributed by atoms with Gasteiger partial charge in [-0.05, 0) is 44.2 Å². The summed E-state index contributed by atoms with van der Waals surface area (Å²) in [7, 11) is -2.78. The number of halogens is 3. The van der Waals surface area contributed by atoms with Crippen molar-refractivity contribution in [3.8, 4) is 11.4 Å². The molecule has 32 heavy (non-hydrogen) atoms. The van der Waals surface area contributed by atoms with Crippen molar-refractivity contribution in [3.63, 3.8) is 0 Å². The average molecular weight is 467 g/mol. The number of rotatable bonds is 5. The Kier molecular flexibility index (Phi) is 6.07. The van der Waals surface area contributed by atoms with Gasteiger partial charge in [-0.1, -0.05) is 12.1 Å². The lowest BCUT2D eigenvalue weighted by Crippen LogP contribution is -2.16. The first-order chi connectivity index (χ1) is 14.8. The van der Waals surface area contributed by atoms with E-state index in [-0.39, 0.29) is 27.6 Å². The van der Waals surface area contributed by atoms with Gasteiger partial charge in [-0.25, -0.2) is 13.6 Å². The molecule has 1 amide bonds. The third-order valence-corrected chi connectivity index (χ3v) is 5.80. The van der Waals surface area contributed by atoms with Crippen molar-refractivity contribution in [2.24, 2.45) is 5.14 Å². The number of nitrogens with two attached hydrogens (primary N) is 1. The summed E-state index contributed by atoms with van der Waals surface area (Å²) in [5.41, 5.74) is 0.218. The number of ether oxygens (including phenoxy) is 1. The van der Waals surface area contributed by atoms with Crippen LogP contribution < -0.4 is 15.2 Å². The molecule has 3 N–H and O–H groups in total. The summed E-state index contributed by atoms with van der Waals surface area (Å²) in [5.74, 6) is -0.644. The lowest BCUT2D eigenvalue weighted by molar-refractivity contribution is -0.137. The van der Waals surface area contributed by atoms with E-state index in [1.165, 1.54) is 54.1 Å². The molecule has 3 rings (SSSR count). The molecular formula is C21H20F3N3O4S. The summed E-state index contributed by atoms with van der Waals surface area (Å²) < 4.78 is 70.1. The molecule has 0 saturated carbocycles. The molecule has 0 aliphatic carbocycles. The van der Waals surface area contributed by atoms with Crippen LogP contribution in [0.4, 0.5) is 18.9 Å². The number of methoxy groups -OCH3 is 1. The van der Waals surface area contributed by atoms with Crippen molar-refractivity contribution in [1.82, 2.24) is 4.57 Å². The number of para-hydroxylation sites is 1. The Morgan fingerprint density at radius 3 is 2.34 bits per heavy atom. The lowest BCUT2D eigenvalue weighted by Gasteiger charge is -2.17. The van der Waals surface area contributed by atoms with Gasteiger partial charge in [-0.2, -0.15) is 13.2 Å². The highest BCUT2D eigenvalue weighted by molar-refractivity contribution is 7.89. The van der Waals surface area contributed by atoms with Gasteiger partial charge in [0.2, 0.25) is 10.0 Å². The average Bonchev–Trinajstić information content (AvgIpc) is 3.00. The molecule has 2 aromatic carbocycles. The minimum absolute atomic E-state index is 0.0603. The molecule has 0 spiro atoms. The number of primary sulfonamides is 1. The number of hydrogen-bond acceptors (Lipinski definition) is 4. The second-order valence-electron chi connectivity index (χ2n) is 7.00. The molecule has 7 nitrogen and oxygen atoms in total. The van der Waals surface area contributed by atoms with E-state index in [0.29, 0.717) is 11.4 Å². The summed E-state index contributed by atoms with van der Waals surface area (Å²) in [6.45, 7) is 3.14. The van der Waals surface area contributed by atoms with Gasteiger partial charge >= 0.3 is 6.18 Å². The van der Waals surface area contributed by atoms with Gasteiger partial charge < -0.3 is 14.6 Å². The highest BCUT2D eigenvalue weighted by atomic mass is 32.2. The summed E-state index contributed by atoms with van der Waals surface area (Å²) in [6, 6.07) is 10.4. The van der Waals surface area contributed by atoms with Crippen LogP contribution in [0.15, 0.2) is 53.4 Å². The first-order valence-electron chi connectivity index (χ1n) is 9.22. The predicted molar refractivity (Wildman–Crippen MR) is 113 cm³/mol. The normalized spacial score (nSPS) is 12.0. The third kappa shape index (κ3) is 4.48. The Balaban J connectivity index is 2.00. The zero-order chi connectivity index (χ0) is 23.8. The maximum Gasteiger partial charge on any atom is 0.418 e. The molecular weight excluding hydrogens is 447 g/mol. The van der Waals surface area contributed by atoms with E-state index in [9.17, 15) is 26.4 Å². The zero-order valence-electron chi connectivity index (χ0n) is 17.3. The fraction of sp³-hybridized carbons (Fsp3) is 0.190. The van der Waals surface area contributed by atoms with Crippen molar-refractivity contribution in [2.75, 3.05) is 12.4 Å². The van der Waals surface area contributed by atoms with E-state index in [2.05, 4.69) is 5.32 Å². The number of nitrogens with one attached hydrogen (secondary N) is 1. The van der Waals surface area contributed by atoms with Crippen molar-refractivity contribution in [3.05, 3.63) is 71.0 Å². The second kappa shape index (κ2) is 8.32. The maximum atomic E-state index is 13.5. The minimum atomic E-state index is -4.57. The van der Waals surface area contributed by atoms with Gasteiger partial charge in [0, 0.05) is 23.1 Å². The van der Waals surface area contributed by atoms with Crippen LogP contribution in [-0.2, 0) is 16.2 Å². The molecule has 11 heteroatoms. The molecule has 0 unspecified atom stereocenters. The smallest absolute Gasteiger partial charge is 0.418 e. The molecule has 0 atom stereocenters. The topological polar surface area (TPSA) is 103 Å². The predicted octanol–water partition coefficient (Wildman–Crippen LogP) is 4.02. The van der Waals surface area contributed by atoms with Crippen molar-refractivity contribution in [1.29, 1.82) is 0 Å². The standard InChI is InChI=1S/C21H20F3N3O4S/c1-12-10-15(13(2)27(12)17-7-5-4-6-16(17)21(22,23)24)20(28)26-14-8-9-19(32(25,29)30)18(11-14)31-3/h4-11H,1-3H3,(H,26,28)(H2,25,29,30). The number of nitrogens with zero attached hydrogens (tertiary/aromatic N) is 1. The fourth-order valence-corrected chi connectivity index (χ4v) is 4.13. The number of carbonyl (C=O) groups is 1. The number of aromatic nitrogens is 1. The number of benzene rings is 2. The Hall–Kier alpha value is -3.31. The number of sulfonamides is 1. The van der Waals surface area contributed by atoms with E-state index in [4.69, 9.17) is 9.88 Å². The number of hydrogen-bond donors (Lipinski definition) is 2. The Morgan fingerprint density at radius 2 is 1.75 bits per heavy atom. The van der Waals surface area contributed by atoms with Crippen molar-refractivity contribution < 1.29 is 31.1 Å². The summed E-state index contributed by atoms with van der Waals surface area (Å²) in [6.07, 6.45) is -4.57. The summed E-state index contributed by atoms with van der Waals surface area (Å²) >= 11 is 0. The van der Waals surface area contributed by atoms with Gasteiger partial charge in [-0.3, -0.25) is 4.79 Å². The van der Waals surface area contributed by atoms with Crippen LogP contribution in [0.1, 0.15) is 27.3 Å². The number of carbonyl (C=O) groups excluding carboxylic acids is 1. The molecule has 0 fully saturated rings. The number of amides is 1. The third-order valence-electron chi connectivity index (χ3n) is 4.85. The van der Waals surface area contributed by atoms with E-state index in [1.807, 2.05) is 0 Å². The van der Waals surface area contributed by atoms with Crippen LogP contribution in [-0.4, -0.2) is 26.0 Å². The maximum absolute atomic E-state index is 13.5. The fourth-order valence-electron chi connectivity index (χ4n) is 3.45. The van der Waals surface area contributed by atoms with E-state index in [1.54, 1.807) is 13.8 Å². The molecule has 170 valence electrons. The largest absolute Gasteiger partial charge is 0.495 e. The van der Waals surface area contributed by atoms with Crippen LogP contribution in [0.3, 0.4) is 0 Å². The van der Waals surface area contributed by atoms with Gasteiger partial charge in [0.25, 0.3) is 5.91 Å². The Morgan fingerprint density at radius 1 is 1.09 bits per heavy atom. The Bertz CT molecular complexity index is 1300. The Labute approximate surface area is 182 Å². The quantitative estimate of drug-likeness (QED) is 0.592. The van der Waals surface area contributed by atoms with E-state index in [0.717, 1.165) is 6.07 Å². The minimum Gasteiger partial charge on any atom is -0.495 e. The molecule has 0 radical (unpaired) electrons. The van der Waals surface area contributed by atoms with E-state index >= 15 is 0 Å². The molecule has 0 aliphatic rings. The zero-order valence-corrected chi connectivity index (χ0v) is 18.1. The van der Waals surface area contributed by atoms with Crippen LogP contribution in [0.2, 0.25) is 0 Å². The van der Waals surface area contributed by atoms with Crippen LogP contribution in [0, 0.1) is 13.8 Å². The molecule has 0 bridgehead atoms. The SMILES string of the molecule is COc1cc(NC(=O)c2cc(C)n(-c3ccccc3C(F)(F)F)c2C)ccc1S(N)(=O)=O. The highest BCUT2D eigenvalue weighted by Crippen LogP contribution is 2.35. The number of alkyl halides is 3. The van der Waals surface area contributed by atoms with Crippen molar-refractivity contribution in [2.45, 2.75) is 24.9 Å². The number of aryl methyl sites for hydroxylation is 1. The highest BCUT2D eigenvalue weighted by Gasteiger charge is 2.34. The van der Waals surface area contributed by atoms with Gasteiger partial charge in [0.1, 0.15) is 10.6 Å². The molecule has 0 saturated heterocycles. The van der Waals surface area contributed by atoms with Crippen LogP contribution in [0.5, 0.6) is 5.75 Å². The molecule has 3 aromatic rings. The van der Waals surface area contributed by atoms with E-state index < -0.39 is 27.7 Å². The summed E-state index contributed by atoms with van der Waals surface area (Å²) in [5, 5.41) is 7.73. The molecule has 0 aliphatic heterocycles. The number of anilines is 1. The van der Waals surface area contributed by atoms with Gasteiger partial charge in [0.05, 0.1) is 23.9 Å². The van der Waals surface area contributed by atoms with Crippen LogP contribution in [0.25, 0.3) is 5.69 Å². The lowest BCUT2D eigenvalue weighted by atomic mass is 10.1. The monoisotopic (exact) mass is 467 g/mol. The molecule has 1 aromatic heterocycles. The molecule has 1 heterocycles. The first-order valence-corrected chi connectivity index (χ1v) is 10.8. The van der Waals surface area contributed by atoms with Gasteiger partial charge in [-0.15, -0.1) is 0 Å². The van der Waals surface area contributed by atoms with Crippen LogP contribution >= 0.6 is 0 Å². The second-order valence-corrected chi connectivity index (χ2v) is 8.53. The van der Waals surface area contributed by atoms with Crippen molar-refractivity contribution >= 4 is 21.6 Å². The first kappa shape index (κ1) is 23.4. The summed E-state index contributed by atoms with van der Waals surface area (Å²) in [4.78, 5) is 12.6.